The van der Waals surface area contributed by atoms with Crippen LogP contribution in [0.1, 0.15) is 21.5 Å². The first-order valence-corrected chi connectivity index (χ1v) is 12.0. The fraction of sp³-hybridized carbons (Fsp3) is 0.100. The van der Waals surface area contributed by atoms with Gasteiger partial charge in [-0.25, -0.2) is 14.4 Å². The van der Waals surface area contributed by atoms with Crippen LogP contribution in [-0.4, -0.2) is 39.7 Å². The summed E-state index contributed by atoms with van der Waals surface area (Å²) in [5.41, 5.74) is 1.74. The van der Waals surface area contributed by atoms with E-state index in [1.165, 1.54) is 18.2 Å². The number of nitrogens with one attached hydrogen (secondary N) is 1. The molecule has 0 saturated heterocycles. The van der Waals surface area contributed by atoms with Crippen LogP contribution in [0.3, 0.4) is 0 Å². The molecule has 0 saturated carbocycles. The molecule has 0 bridgehead atoms. The number of urea groups is 1. The van der Waals surface area contributed by atoms with Crippen molar-refractivity contribution in [3.8, 4) is 17.2 Å². The molecule has 0 radical (unpaired) electrons. The highest BCUT2D eigenvalue weighted by molar-refractivity contribution is 5.95. The molecular weight excluding hydrogens is 500 g/mol. The van der Waals surface area contributed by atoms with Crippen molar-refractivity contribution in [2.24, 2.45) is 0 Å². The summed E-state index contributed by atoms with van der Waals surface area (Å²) < 4.78 is 10.9. The monoisotopic (exact) mass is 526 g/mol. The number of hydrogen-bond donors (Lipinski definition) is 3. The zero-order chi connectivity index (χ0) is 27.6. The first-order valence-electron chi connectivity index (χ1n) is 12.0. The van der Waals surface area contributed by atoms with Gasteiger partial charge in [0.15, 0.2) is 6.61 Å². The number of ether oxygens (including phenoxy) is 2. The van der Waals surface area contributed by atoms with Crippen LogP contribution in [0.4, 0.5) is 10.5 Å². The quantitative estimate of drug-likeness (QED) is 0.223. The Morgan fingerprint density at radius 3 is 1.92 bits per heavy atom. The van der Waals surface area contributed by atoms with Gasteiger partial charge >= 0.3 is 18.0 Å². The summed E-state index contributed by atoms with van der Waals surface area (Å²) in [5, 5.41) is 21.1. The molecule has 4 aromatic rings. The van der Waals surface area contributed by atoms with Gasteiger partial charge in [0.25, 0.3) is 0 Å². The van der Waals surface area contributed by atoms with Gasteiger partial charge < -0.3 is 29.9 Å². The number of carbonyl (C=O) groups is 3. The van der Waals surface area contributed by atoms with E-state index in [9.17, 15) is 19.5 Å². The van der Waals surface area contributed by atoms with E-state index < -0.39 is 24.6 Å². The number of aliphatic carboxylic acids is 1. The van der Waals surface area contributed by atoms with Gasteiger partial charge in [-0.2, -0.15) is 0 Å². The Morgan fingerprint density at radius 2 is 1.31 bits per heavy atom. The second kappa shape index (κ2) is 12.8. The summed E-state index contributed by atoms with van der Waals surface area (Å²) >= 11 is 0. The number of nitrogens with zero attached hydrogens (tertiary/aromatic N) is 1. The molecule has 9 nitrogen and oxygen atoms in total. The van der Waals surface area contributed by atoms with E-state index in [1.54, 1.807) is 4.90 Å². The zero-order valence-corrected chi connectivity index (χ0v) is 20.8. The van der Waals surface area contributed by atoms with Crippen LogP contribution in [0.2, 0.25) is 0 Å². The predicted octanol–water partition coefficient (Wildman–Crippen LogP) is 5.87. The van der Waals surface area contributed by atoms with Crippen LogP contribution in [0.25, 0.3) is 0 Å². The largest absolute Gasteiger partial charge is 0.481 e. The van der Waals surface area contributed by atoms with Crippen molar-refractivity contribution in [1.82, 2.24) is 4.90 Å². The molecule has 3 N–H and O–H groups in total. The minimum absolute atomic E-state index is 0.109. The maximum Gasteiger partial charge on any atom is 0.341 e. The van der Waals surface area contributed by atoms with Gasteiger partial charge in [-0.15, -0.1) is 0 Å². The maximum absolute atomic E-state index is 13.3. The first kappa shape index (κ1) is 26.7. The Kier molecular flexibility index (Phi) is 8.76. The normalized spacial score (nSPS) is 10.4. The van der Waals surface area contributed by atoms with Crippen molar-refractivity contribution >= 4 is 23.7 Å². The molecule has 39 heavy (non-hydrogen) atoms. The van der Waals surface area contributed by atoms with E-state index in [-0.39, 0.29) is 23.5 Å². The number of amides is 2. The zero-order valence-electron chi connectivity index (χ0n) is 20.8. The number of hydrogen-bond acceptors (Lipinski definition) is 5. The lowest BCUT2D eigenvalue weighted by Crippen LogP contribution is -2.34. The Bertz CT molecular complexity index is 1430. The number of carboxylic acids is 2. The first-order chi connectivity index (χ1) is 18.9. The molecule has 198 valence electrons. The van der Waals surface area contributed by atoms with Crippen molar-refractivity contribution in [3.05, 3.63) is 120 Å². The SMILES string of the molecule is O=C(O)COc1ccc(NC(=O)N(Cc2ccccc2)Cc2ccc(Oc3ccccc3)cc2)cc1C(=O)O. The Labute approximate surface area is 224 Å². The highest BCUT2D eigenvalue weighted by atomic mass is 16.5. The fourth-order valence-electron chi connectivity index (χ4n) is 3.75. The lowest BCUT2D eigenvalue weighted by molar-refractivity contribution is -0.139. The molecule has 9 heteroatoms. The van der Waals surface area contributed by atoms with Gasteiger partial charge in [0, 0.05) is 18.8 Å². The average molecular weight is 527 g/mol. The molecular formula is C30H26N2O7. The van der Waals surface area contributed by atoms with Gasteiger partial charge in [0.1, 0.15) is 22.8 Å². The van der Waals surface area contributed by atoms with Crippen LogP contribution < -0.4 is 14.8 Å². The highest BCUT2D eigenvalue weighted by Gasteiger charge is 2.18. The third-order valence-electron chi connectivity index (χ3n) is 5.59. The van der Waals surface area contributed by atoms with Crippen LogP contribution in [0.15, 0.2) is 103 Å². The van der Waals surface area contributed by atoms with E-state index in [1.807, 2.05) is 84.9 Å². The van der Waals surface area contributed by atoms with Crippen LogP contribution >= 0.6 is 0 Å². The molecule has 0 atom stereocenters. The second-order valence-electron chi connectivity index (χ2n) is 8.53. The average Bonchev–Trinajstić information content (AvgIpc) is 2.94. The van der Waals surface area contributed by atoms with E-state index in [4.69, 9.17) is 14.6 Å². The molecule has 0 aliphatic carbocycles. The number of benzene rings is 4. The molecule has 4 rings (SSSR count). The van der Waals surface area contributed by atoms with E-state index >= 15 is 0 Å². The topological polar surface area (TPSA) is 125 Å². The third kappa shape index (κ3) is 7.83. The Morgan fingerprint density at radius 1 is 0.718 bits per heavy atom. The fourth-order valence-corrected chi connectivity index (χ4v) is 3.75. The van der Waals surface area contributed by atoms with Gasteiger partial charge in [-0.3, -0.25) is 0 Å². The number of rotatable bonds is 11. The number of para-hydroxylation sites is 1. The molecule has 0 heterocycles. The molecule has 0 aliphatic rings. The molecule has 2 amide bonds. The Balaban J connectivity index is 1.51. The molecule has 0 spiro atoms. The van der Waals surface area contributed by atoms with Crippen LogP contribution in [-0.2, 0) is 17.9 Å². The van der Waals surface area contributed by atoms with E-state index in [0.29, 0.717) is 12.3 Å². The van der Waals surface area contributed by atoms with Crippen molar-refractivity contribution in [2.45, 2.75) is 13.1 Å². The summed E-state index contributed by atoms with van der Waals surface area (Å²) in [6.45, 7) is -0.107. The highest BCUT2D eigenvalue weighted by Crippen LogP contribution is 2.25. The van der Waals surface area contributed by atoms with E-state index in [2.05, 4.69) is 5.32 Å². The number of anilines is 1. The van der Waals surface area contributed by atoms with Crippen molar-refractivity contribution < 1.29 is 34.1 Å². The summed E-state index contributed by atoms with van der Waals surface area (Å²) in [6, 6.07) is 29.9. The molecule has 4 aromatic carbocycles. The summed E-state index contributed by atoms with van der Waals surface area (Å²) in [5.74, 6) is -1.28. The van der Waals surface area contributed by atoms with Crippen LogP contribution in [0, 0.1) is 0 Å². The summed E-state index contributed by atoms with van der Waals surface area (Å²) in [4.78, 5) is 37.4. The minimum atomic E-state index is -1.31. The summed E-state index contributed by atoms with van der Waals surface area (Å²) in [6.07, 6.45) is 0. The van der Waals surface area contributed by atoms with E-state index in [0.717, 1.165) is 16.9 Å². The number of carbonyl (C=O) groups excluding carboxylic acids is 1. The number of aromatic carboxylic acids is 1. The standard InChI is InChI=1S/C30H26N2O7/c33-28(34)20-38-27-16-13-23(17-26(27)29(35)36)31-30(37)32(18-21-7-3-1-4-8-21)19-22-11-14-25(15-12-22)39-24-9-5-2-6-10-24/h1-17H,18-20H2,(H,31,37)(H,33,34)(H,35,36). The van der Waals surface area contributed by atoms with Gasteiger partial charge in [-0.05, 0) is 53.6 Å². The van der Waals surface area contributed by atoms with Gasteiger partial charge in [0.2, 0.25) is 0 Å². The molecule has 0 aliphatic heterocycles. The van der Waals surface area contributed by atoms with Gasteiger partial charge in [-0.1, -0.05) is 60.7 Å². The maximum atomic E-state index is 13.3. The predicted molar refractivity (Wildman–Crippen MR) is 144 cm³/mol. The molecule has 0 fully saturated rings. The van der Waals surface area contributed by atoms with Crippen molar-refractivity contribution in [2.75, 3.05) is 11.9 Å². The lowest BCUT2D eigenvalue weighted by Gasteiger charge is -2.24. The van der Waals surface area contributed by atoms with Crippen molar-refractivity contribution in [3.63, 3.8) is 0 Å². The number of carboxylic acid groups (broad SMARTS) is 2. The smallest absolute Gasteiger partial charge is 0.341 e. The Hall–Kier alpha value is -5.31. The van der Waals surface area contributed by atoms with Crippen LogP contribution in [0.5, 0.6) is 17.2 Å². The summed E-state index contributed by atoms with van der Waals surface area (Å²) in [7, 11) is 0. The molecule has 0 unspecified atom stereocenters. The van der Waals surface area contributed by atoms with Crippen molar-refractivity contribution in [1.29, 1.82) is 0 Å². The second-order valence-corrected chi connectivity index (χ2v) is 8.53. The third-order valence-corrected chi connectivity index (χ3v) is 5.59. The lowest BCUT2D eigenvalue weighted by atomic mass is 10.1. The van der Waals surface area contributed by atoms with Gasteiger partial charge in [0.05, 0.1) is 0 Å². The molecule has 0 aromatic heterocycles. The minimum Gasteiger partial charge on any atom is -0.481 e.